The lowest BCUT2D eigenvalue weighted by atomic mass is 10.0. The minimum atomic E-state index is -0.118. The molecule has 1 atom stereocenters. The highest BCUT2D eigenvalue weighted by atomic mass is 35.5. The SMILES string of the molecule is CNC(CCCl)c1ccc2c(c1)NC(=O)CO2. The second-order valence-electron chi connectivity index (χ2n) is 3.91. The van der Waals surface area contributed by atoms with Crippen LogP contribution in [0.4, 0.5) is 5.69 Å². The fourth-order valence-corrected chi connectivity index (χ4v) is 2.12. The Kier molecular flexibility index (Phi) is 3.86. The van der Waals surface area contributed by atoms with E-state index in [4.69, 9.17) is 16.3 Å². The average Bonchev–Trinajstić information content (AvgIpc) is 2.35. The van der Waals surface area contributed by atoms with Gasteiger partial charge < -0.3 is 15.4 Å². The number of nitrogens with one attached hydrogen (secondary N) is 2. The Hall–Kier alpha value is -1.26. The number of benzene rings is 1. The van der Waals surface area contributed by atoms with Crippen LogP contribution in [0.2, 0.25) is 0 Å². The van der Waals surface area contributed by atoms with E-state index in [0.717, 1.165) is 17.7 Å². The number of anilines is 1. The van der Waals surface area contributed by atoms with Crippen LogP contribution in [0.1, 0.15) is 18.0 Å². The van der Waals surface area contributed by atoms with Gasteiger partial charge in [-0.2, -0.15) is 0 Å². The third-order valence-corrected chi connectivity index (χ3v) is 3.00. The van der Waals surface area contributed by atoms with E-state index in [1.165, 1.54) is 0 Å². The average molecular weight is 255 g/mol. The van der Waals surface area contributed by atoms with E-state index in [-0.39, 0.29) is 18.6 Å². The van der Waals surface area contributed by atoms with Gasteiger partial charge in [0, 0.05) is 11.9 Å². The zero-order valence-electron chi connectivity index (χ0n) is 9.63. The first-order chi connectivity index (χ1) is 8.24. The molecule has 1 aliphatic heterocycles. The number of ether oxygens (including phenoxy) is 1. The second kappa shape index (κ2) is 5.38. The third kappa shape index (κ3) is 2.70. The number of halogens is 1. The minimum Gasteiger partial charge on any atom is -0.482 e. The number of alkyl halides is 1. The molecule has 0 aromatic heterocycles. The molecule has 0 aliphatic carbocycles. The largest absolute Gasteiger partial charge is 0.482 e. The van der Waals surface area contributed by atoms with Gasteiger partial charge in [-0.1, -0.05) is 6.07 Å². The van der Waals surface area contributed by atoms with Crippen LogP contribution in [0.15, 0.2) is 18.2 Å². The van der Waals surface area contributed by atoms with E-state index in [2.05, 4.69) is 10.6 Å². The number of carbonyl (C=O) groups excluding carboxylic acids is 1. The molecule has 0 radical (unpaired) electrons. The summed E-state index contributed by atoms with van der Waals surface area (Å²) >= 11 is 5.76. The zero-order valence-corrected chi connectivity index (χ0v) is 10.4. The van der Waals surface area contributed by atoms with Crippen molar-refractivity contribution in [1.29, 1.82) is 0 Å². The Labute approximate surface area is 105 Å². The number of hydrogen-bond donors (Lipinski definition) is 2. The fraction of sp³-hybridized carbons (Fsp3) is 0.417. The van der Waals surface area contributed by atoms with E-state index < -0.39 is 0 Å². The molecule has 1 aromatic rings. The Morgan fingerprint density at radius 1 is 1.59 bits per heavy atom. The van der Waals surface area contributed by atoms with Gasteiger partial charge in [0.05, 0.1) is 5.69 Å². The summed E-state index contributed by atoms with van der Waals surface area (Å²) in [5.74, 6) is 1.19. The molecule has 1 aliphatic rings. The maximum absolute atomic E-state index is 11.2. The number of hydrogen-bond acceptors (Lipinski definition) is 3. The topological polar surface area (TPSA) is 50.4 Å². The van der Waals surface area contributed by atoms with E-state index >= 15 is 0 Å². The molecule has 92 valence electrons. The molecule has 1 unspecified atom stereocenters. The van der Waals surface area contributed by atoms with Crippen LogP contribution in [-0.2, 0) is 4.79 Å². The lowest BCUT2D eigenvalue weighted by Gasteiger charge is -2.21. The maximum atomic E-state index is 11.2. The summed E-state index contributed by atoms with van der Waals surface area (Å²) in [6, 6.07) is 5.99. The number of carbonyl (C=O) groups is 1. The lowest BCUT2D eigenvalue weighted by molar-refractivity contribution is -0.118. The highest BCUT2D eigenvalue weighted by molar-refractivity contribution is 6.17. The van der Waals surface area contributed by atoms with Crippen LogP contribution < -0.4 is 15.4 Å². The molecule has 0 saturated heterocycles. The van der Waals surface area contributed by atoms with Gasteiger partial charge in [0.15, 0.2) is 6.61 Å². The summed E-state index contributed by atoms with van der Waals surface area (Å²) < 4.78 is 5.31. The molecular formula is C12H15ClN2O2. The van der Waals surface area contributed by atoms with E-state index in [1.807, 2.05) is 25.2 Å². The Morgan fingerprint density at radius 3 is 3.12 bits per heavy atom. The van der Waals surface area contributed by atoms with E-state index in [0.29, 0.717) is 11.6 Å². The maximum Gasteiger partial charge on any atom is 0.262 e. The molecule has 2 rings (SSSR count). The van der Waals surface area contributed by atoms with Gasteiger partial charge in [-0.3, -0.25) is 4.79 Å². The molecule has 0 bridgehead atoms. The standard InChI is InChI=1S/C12H15ClN2O2/c1-14-9(4-5-13)8-2-3-11-10(6-8)15-12(16)7-17-11/h2-3,6,9,14H,4-5,7H2,1H3,(H,15,16). The van der Waals surface area contributed by atoms with Crippen molar-refractivity contribution in [1.82, 2.24) is 5.32 Å². The summed E-state index contributed by atoms with van der Waals surface area (Å²) in [6.07, 6.45) is 0.839. The number of amides is 1. The van der Waals surface area contributed by atoms with Gasteiger partial charge >= 0.3 is 0 Å². The van der Waals surface area contributed by atoms with Crippen molar-refractivity contribution in [2.24, 2.45) is 0 Å². The van der Waals surface area contributed by atoms with Crippen LogP contribution in [0.25, 0.3) is 0 Å². The van der Waals surface area contributed by atoms with Crippen LogP contribution >= 0.6 is 11.6 Å². The van der Waals surface area contributed by atoms with E-state index in [9.17, 15) is 4.79 Å². The number of rotatable bonds is 4. The van der Waals surface area contributed by atoms with Crippen LogP contribution in [0.5, 0.6) is 5.75 Å². The Morgan fingerprint density at radius 2 is 2.41 bits per heavy atom. The van der Waals surface area contributed by atoms with Crippen LogP contribution in [-0.4, -0.2) is 25.4 Å². The van der Waals surface area contributed by atoms with Crippen molar-refractivity contribution >= 4 is 23.2 Å². The molecule has 2 N–H and O–H groups in total. The highest BCUT2D eigenvalue weighted by Gasteiger charge is 2.18. The molecule has 1 aromatic carbocycles. The molecule has 5 heteroatoms. The van der Waals surface area contributed by atoms with Crippen LogP contribution in [0.3, 0.4) is 0 Å². The van der Waals surface area contributed by atoms with Crippen LogP contribution in [0, 0.1) is 0 Å². The monoisotopic (exact) mass is 254 g/mol. The van der Waals surface area contributed by atoms with Gasteiger partial charge in [-0.05, 0) is 31.2 Å². The lowest BCUT2D eigenvalue weighted by Crippen LogP contribution is -2.26. The normalized spacial score (nSPS) is 15.8. The minimum absolute atomic E-state index is 0.0868. The summed E-state index contributed by atoms with van der Waals surface area (Å²) in [4.78, 5) is 11.2. The highest BCUT2D eigenvalue weighted by Crippen LogP contribution is 2.31. The third-order valence-electron chi connectivity index (χ3n) is 2.79. The molecule has 1 heterocycles. The first-order valence-electron chi connectivity index (χ1n) is 5.54. The van der Waals surface area contributed by atoms with Gasteiger partial charge in [-0.25, -0.2) is 0 Å². The fourth-order valence-electron chi connectivity index (χ4n) is 1.90. The molecule has 17 heavy (non-hydrogen) atoms. The molecule has 0 saturated carbocycles. The van der Waals surface area contributed by atoms with Crippen molar-refractivity contribution in [2.75, 3.05) is 24.9 Å². The van der Waals surface area contributed by atoms with Gasteiger partial charge in [0.25, 0.3) is 5.91 Å². The second-order valence-corrected chi connectivity index (χ2v) is 4.29. The van der Waals surface area contributed by atoms with Gasteiger partial charge in [0.2, 0.25) is 0 Å². The zero-order chi connectivity index (χ0) is 12.3. The predicted octanol–water partition coefficient (Wildman–Crippen LogP) is 1.91. The molecule has 1 amide bonds. The summed E-state index contributed by atoms with van der Waals surface area (Å²) in [5, 5.41) is 6.00. The van der Waals surface area contributed by atoms with Crippen molar-refractivity contribution in [3.8, 4) is 5.75 Å². The smallest absolute Gasteiger partial charge is 0.262 e. The predicted molar refractivity (Wildman–Crippen MR) is 67.7 cm³/mol. The molecule has 0 fully saturated rings. The van der Waals surface area contributed by atoms with E-state index in [1.54, 1.807) is 0 Å². The van der Waals surface area contributed by atoms with Gasteiger partial charge in [0.1, 0.15) is 5.75 Å². The van der Waals surface area contributed by atoms with Crippen molar-refractivity contribution in [3.63, 3.8) is 0 Å². The van der Waals surface area contributed by atoms with Crippen molar-refractivity contribution < 1.29 is 9.53 Å². The van der Waals surface area contributed by atoms with Crippen molar-refractivity contribution in [2.45, 2.75) is 12.5 Å². The van der Waals surface area contributed by atoms with Gasteiger partial charge in [-0.15, -0.1) is 11.6 Å². The first-order valence-corrected chi connectivity index (χ1v) is 6.08. The number of fused-ring (bicyclic) bond motifs is 1. The summed E-state index contributed by atoms with van der Waals surface area (Å²) in [7, 11) is 1.89. The quantitative estimate of drug-likeness (QED) is 0.807. The first kappa shape index (κ1) is 12.2. The molecular weight excluding hydrogens is 240 g/mol. The molecule has 0 spiro atoms. The summed E-state index contributed by atoms with van der Waals surface area (Å²) in [6.45, 7) is 0.0868. The Balaban J connectivity index is 2.25. The summed E-state index contributed by atoms with van der Waals surface area (Å²) in [5.41, 5.74) is 1.83. The Bertz CT molecular complexity index is 423. The molecule has 4 nitrogen and oxygen atoms in total. The van der Waals surface area contributed by atoms with Crippen molar-refractivity contribution in [3.05, 3.63) is 23.8 Å².